The number of carbonyl (C=O) groups is 1. The van der Waals surface area contributed by atoms with E-state index in [1.165, 1.54) is 0 Å². The molecule has 0 amide bonds. The number of likely N-dealkylation sites (N-methyl/N-ethyl adjacent to an activating group) is 1. The Kier molecular flexibility index (Phi) is 4.54. The molecule has 2 rings (SSSR count). The second-order valence-corrected chi connectivity index (χ2v) is 5.13. The van der Waals surface area contributed by atoms with Crippen molar-refractivity contribution in [3.63, 3.8) is 0 Å². The number of aromatic carboxylic acids is 1. The van der Waals surface area contributed by atoms with Crippen molar-refractivity contribution < 1.29 is 9.90 Å². The molecule has 2 heterocycles. The van der Waals surface area contributed by atoms with Crippen LogP contribution in [0.5, 0.6) is 0 Å². The van der Waals surface area contributed by atoms with Crippen molar-refractivity contribution in [1.82, 2.24) is 15.1 Å². The summed E-state index contributed by atoms with van der Waals surface area (Å²) in [5.74, 6) is -0.375. The molecule has 1 aromatic heterocycles. The first-order chi connectivity index (χ1) is 9.58. The van der Waals surface area contributed by atoms with E-state index in [4.69, 9.17) is 0 Å². The number of nitrogens with zero attached hydrogens (tertiary/aromatic N) is 4. The highest BCUT2D eigenvalue weighted by atomic mass is 16.4. The van der Waals surface area contributed by atoms with Gasteiger partial charge in [0.15, 0.2) is 5.82 Å². The smallest absolute Gasteiger partial charge is 0.339 e. The zero-order chi connectivity index (χ0) is 14.7. The number of aryl methyl sites for hydroxylation is 1. The van der Waals surface area contributed by atoms with Gasteiger partial charge in [0.25, 0.3) is 0 Å². The molecule has 0 aromatic carbocycles. The molecule has 0 aliphatic carbocycles. The monoisotopic (exact) mass is 278 g/mol. The Morgan fingerprint density at radius 3 is 2.30 bits per heavy atom. The predicted molar refractivity (Wildman–Crippen MR) is 77.5 cm³/mol. The number of piperazine rings is 1. The van der Waals surface area contributed by atoms with Crippen LogP contribution in [0.1, 0.15) is 35.5 Å². The molecule has 20 heavy (non-hydrogen) atoms. The van der Waals surface area contributed by atoms with Crippen molar-refractivity contribution in [3.8, 4) is 0 Å². The molecular formula is C14H22N4O2. The van der Waals surface area contributed by atoms with Gasteiger partial charge in [-0.3, -0.25) is 0 Å². The van der Waals surface area contributed by atoms with Crippen LogP contribution in [-0.4, -0.2) is 59.4 Å². The summed E-state index contributed by atoms with van der Waals surface area (Å²) in [6.07, 6.45) is 1.38. The van der Waals surface area contributed by atoms with Crippen LogP contribution in [0.2, 0.25) is 0 Å². The summed E-state index contributed by atoms with van der Waals surface area (Å²) >= 11 is 0. The maximum absolute atomic E-state index is 11.7. The minimum Gasteiger partial charge on any atom is -0.478 e. The summed E-state index contributed by atoms with van der Waals surface area (Å²) in [6, 6.07) is 0. The summed E-state index contributed by atoms with van der Waals surface area (Å²) in [7, 11) is 2.07. The van der Waals surface area contributed by atoms with E-state index in [1.54, 1.807) is 0 Å². The van der Waals surface area contributed by atoms with E-state index in [0.29, 0.717) is 24.2 Å². The highest BCUT2D eigenvalue weighted by molar-refractivity contribution is 5.95. The topological polar surface area (TPSA) is 69.6 Å². The molecule has 0 atom stereocenters. The van der Waals surface area contributed by atoms with Gasteiger partial charge in [0.1, 0.15) is 5.56 Å². The standard InChI is InChI=1S/C14H22N4O2/c1-4-10-11(5-2)15-16-13(12(10)14(19)20)18-8-6-17(3)7-9-18/h4-9H2,1-3H3,(H,19,20). The van der Waals surface area contributed by atoms with Crippen molar-refractivity contribution in [2.45, 2.75) is 26.7 Å². The molecule has 110 valence electrons. The molecule has 0 spiro atoms. The lowest BCUT2D eigenvalue weighted by Crippen LogP contribution is -2.45. The van der Waals surface area contributed by atoms with Gasteiger partial charge >= 0.3 is 5.97 Å². The van der Waals surface area contributed by atoms with Crippen LogP contribution >= 0.6 is 0 Å². The van der Waals surface area contributed by atoms with Crippen LogP contribution in [0.3, 0.4) is 0 Å². The van der Waals surface area contributed by atoms with Crippen molar-refractivity contribution in [2.75, 3.05) is 38.1 Å². The van der Waals surface area contributed by atoms with E-state index in [9.17, 15) is 9.90 Å². The summed E-state index contributed by atoms with van der Waals surface area (Å²) in [5.41, 5.74) is 1.95. The maximum atomic E-state index is 11.7. The molecule has 0 saturated carbocycles. The van der Waals surface area contributed by atoms with Gasteiger partial charge in [-0.1, -0.05) is 13.8 Å². The molecule has 1 aliphatic heterocycles. The zero-order valence-electron chi connectivity index (χ0n) is 12.4. The lowest BCUT2D eigenvalue weighted by Gasteiger charge is -2.34. The van der Waals surface area contributed by atoms with Gasteiger partial charge in [-0.2, -0.15) is 5.10 Å². The van der Waals surface area contributed by atoms with Crippen LogP contribution in [0.15, 0.2) is 0 Å². The van der Waals surface area contributed by atoms with Crippen LogP contribution < -0.4 is 4.90 Å². The molecule has 1 aromatic rings. The van der Waals surface area contributed by atoms with E-state index in [1.807, 2.05) is 18.7 Å². The van der Waals surface area contributed by atoms with Crippen LogP contribution in [0.25, 0.3) is 0 Å². The highest BCUT2D eigenvalue weighted by Gasteiger charge is 2.25. The fraction of sp³-hybridized carbons (Fsp3) is 0.643. The number of carboxylic acids is 1. The largest absolute Gasteiger partial charge is 0.478 e. The molecule has 6 nitrogen and oxygen atoms in total. The Morgan fingerprint density at radius 2 is 1.80 bits per heavy atom. The van der Waals surface area contributed by atoms with E-state index < -0.39 is 5.97 Å². The fourth-order valence-electron chi connectivity index (χ4n) is 2.63. The first kappa shape index (κ1) is 14.7. The molecule has 6 heteroatoms. The van der Waals surface area contributed by atoms with E-state index in [-0.39, 0.29) is 0 Å². The van der Waals surface area contributed by atoms with Crippen LogP contribution in [0.4, 0.5) is 5.82 Å². The fourth-order valence-corrected chi connectivity index (χ4v) is 2.63. The third kappa shape index (κ3) is 2.75. The maximum Gasteiger partial charge on any atom is 0.339 e. The van der Waals surface area contributed by atoms with Gasteiger partial charge in [-0.05, 0) is 25.5 Å². The Bertz CT molecular complexity index is 496. The van der Waals surface area contributed by atoms with Gasteiger partial charge in [-0.25, -0.2) is 4.79 Å². The Labute approximate surface area is 119 Å². The third-order valence-corrected chi connectivity index (χ3v) is 3.84. The molecule has 0 unspecified atom stereocenters. The van der Waals surface area contributed by atoms with Gasteiger partial charge < -0.3 is 14.9 Å². The van der Waals surface area contributed by atoms with Gasteiger partial charge in [0.2, 0.25) is 0 Å². The van der Waals surface area contributed by atoms with Crippen LogP contribution in [-0.2, 0) is 12.8 Å². The summed E-state index contributed by atoms with van der Waals surface area (Å²) < 4.78 is 0. The molecule has 0 bridgehead atoms. The molecule has 0 radical (unpaired) electrons. The normalized spacial score (nSPS) is 16.4. The summed E-state index contributed by atoms with van der Waals surface area (Å²) in [6.45, 7) is 7.36. The summed E-state index contributed by atoms with van der Waals surface area (Å²) in [5, 5.41) is 18.0. The number of rotatable bonds is 4. The average molecular weight is 278 g/mol. The number of anilines is 1. The number of aromatic nitrogens is 2. The Balaban J connectivity index is 2.44. The Morgan fingerprint density at radius 1 is 1.15 bits per heavy atom. The lowest BCUT2D eigenvalue weighted by atomic mass is 10.0. The molecule has 1 fully saturated rings. The van der Waals surface area contributed by atoms with Crippen LogP contribution in [0, 0.1) is 0 Å². The average Bonchev–Trinajstić information content (AvgIpc) is 2.46. The highest BCUT2D eigenvalue weighted by Crippen LogP contribution is 2.24. The van der Waals surface area contributed by atoms with Gasteiger partial charge in [0.05, 0.1) is 5.69 Å². The third-order valence-electron chi connectivity index (χ3n) is 3.84. The van der Waals surface area contributed by atoms with Gasteiger partial charge in [-0.15, -0.1) is 5.10 Å². The van der Waals surface area contributed by atoms with Gasteiger partial charge in [0, 0.05) is 26.2 Å². The van der Waals surface area contributed by atoms with Crippen molar-refractivity contribution >= 4 is 11.8 Å². The molecular weight excluding hydrogens is 256 g/mol. The number of carboxylic acid groups (broad SMARTS) is 1. The second-order valence-electron chi connectivity index (χ2n) is 5.13. The second kappa shape index (κ2) is 6.17. The minimum absolute atomic E-state index is 0.337. The van der Waals surface area contributed by atoms with E-state index >= 15 is 0 Å². The zero-order valence-corrected chi connectivity index (χ0v) is 12.4. The lowest BCUT2D eigenvalue weighted by molar-refractivity contribution is 0.0695. The predicted octanol–water partition coefficient (Wildman–Crippen LogP) is 1.05. The SMILES string of the molecule is CCc1nnc(N2CCN(C)CC2)c(C(=O)O)c1CC. The quantitative estimate of drug-likeness (QED) is 0.888. The molecule has 1 saturated heterocycles. The van der Waals surface area contributed by atoms with E-state index in [0.717, 1.165) is 37.4 Å². The first-order valence-electron chi connectivity index (χ1n) is 7.13. The van der Waals surface area contributed by atoms with Crippen molar-refractivity contribution in [2.24, 2.45) is 0 Å². The molecule has 1 aliphatic rings. The van der Waals surface area contributed by atoms with E-state index in [2.05, 4.69) is 22.1 Å². The summed E-state index contributed by atoms with van der Waals surface area (Å²) in [4.78, 5) is 15.9. The van der Waals surface area contributed by atoms with Crippen molar-refractivity contribution in [3.05, 3.63) is 16.8 Å². The van der Waals surface area contributed by atoms with Crippen molar-refractivity contribution in [1.29, 1.82) is 0 Å². The minimum atomic E-state index is -0.902. The Hall–Kier alpha value is -1.69. The molecule has 1 N–H and O–H groups in total. The number of hydrogen-bond donors (Lipinski definition) is 1. The number of hydrogen-bond acceptors (Lipinski definition) is 5. The first-order valence-corrected chi connectivity index (χ1v) is 7.13.